The molecule has 4 aliphatic rings. The fraction of sp³-hybridized carbons (Fsp3) is 0.618. The summed E-state index contributed by atoms with van der Waals surface area (Å²) in [5.41, 5.74) is 2.11. The number of aliphatic hydroxyl groups excluding tert-OH is 1. The highest BCUT2D eigenvalue weighted by Gasteiger charge is 2.69. The molecule has 45 heavy (non-hydrogen) atoms. The van der Waals surface area contributed by atoms with Crippen molar-refractivity contribution in [2.75, 3.05) is 19.7 Å². The van der Waals surface area contributed by atoms with Gasteiger partial charge in [0.15, 0.2) is 5.78 Å². The van der Waals surface area contributed by atoms with E-state index in [0.29, 0.717) is 25.2 Å². The molecular formula is C34H45N5O6. The molecule has 1 aromatic carbocycles. The van der Waals surface area contributed by atoms with Crippen LogP contribution in [0.4, 0.5) is 0 Å². The van der Waals surface area contributed by atoms with Crippen LogP contribution in [0.3, 0.4) is 0 Å². The summed E-state index contributed by atoms with van der Waals surface area (Å²) in [6.45, 7) is 6.30. The topological polar surface area (TPSA) is 161 Å². The highest BCUT2D eigenvalue weighted by atomic mass is 16.3. The van der Waals surface area contributed by atoms with E-state index in [1.165, 1.54) is 0 Å². The Morgan fingerprint density at radius 2 is 1.84 bits per heavy atom. The maximum atomic E-state index is 14.5. The standard InChI is InChI=1S/C34H45N5O6/c1-18-8-7-11-23-21(18)15-25(36-23)31(43)38-28(19-9-5-4-6-10-19)33(45)39-16-22-27(34(22,2)3)29(39)32(44)37-24(26(41)17-40)14-20-12-13-35-30(20)42/h7-8,11,15,19-20,22,24,27-29,36,40H,4-6,9-10,12-14,16-17H2,1-3H3,(H,35,42)(H,37,44)(H,38,43)/t20?,22-,24?,27-,28?,29-/m0/s1. The van der Waals surface area contributed by atoms with E-state index in [4.69, 9.17) is 0 Å². The Bertz CT molecular complexity index is 1510. The third-order valence-corrected chi connectivity index (χ3v) is 11.1. The number of nitrogens with zero attached hydrogens (tertiary/aromatic N) is 1. The van der Waals surface area contributed by atoms with Gasteiger partial charge in [0.05, 0.1) is 6.04 Å². The van der Waals surface area contributed by atoms with E-state index in [1.54, 1.807) is 4.90 Å². The van der Waals surface area contributed by atoms with Gasteiger partial charge in [-0.05, 0) is 73.5 Å². The molecule has 6 rings (SSSR count). The predicted molar refractivity (Wildman–Crippen MR) is 167 cm³/mol. The number of aromatic nitrogens is 1. The van der Waals surface area contributed by atoms with Crippen LogP contribution in [0.2, 0.25) is 0 Å². The number of ketones is 1. The van der Waals surface area contributed by atoms with Gasteiger partial charge in [-0.15, -0.1) is 0 Å². The number of carbonyl (C=O) groups is 5. The molecule has 242 valence electrons. The number of rotatable bonds is 10. The van der Waals surface area contributed by atoms with E-state index in [0.717, 1.165) is 48.6 Å². The number of nitrogens with one attached hydrogen (secondary N) is 4. The van der Waals surface area contributed by atoms with Crippen LogP contribution in [0.25, 0.3) is 10.9 Å². The number of benzene rings is 1. The number of likely N-dealkylation sites (tertiary alicyclic amines) is 1. The second-order valence-electron chi connectivity index (χ2n) is 14.2. The van der Waals surface area contributed by atoms with Crippen molar-refractivity contribution in [2.45, 2.75) is 83.8 Å². The first-order chi connectivity index (χ1) is 21.5. The summed E-state index contributed by atoms with van der Waals surface area (Å²) >= 11 is 0. The number of fused-ring (bicyclic) bond motifs is 2. The number of hydrogen-bond acceptors (Lipinski definition) is 6. The Labute approximate surface area is 263 Å². The van der Waals surface area contributed by atoms with Gasteiger partial charge >= 0.3 is 0 Å². The lowest BCUT2D eigenvalue weighted by Gasteiger charge is -2.37. The van der Waals surface area contributed by atoms with Gasteiger partial charge in [-0.25, -0.2) is 0 Å². The second kappa shape index (κ2) is 12.2. The summed E-state index contributed by atoms with van der Waals surface area (Å²) in [5.74, 6) is -2.29. The van der Waals surface area contributed by atoms with E-state index in [9.17, 15) is 29.1 Å². The molecule has 3 heterocycles. The minimum Gasteiger partial charge on any atom is -0.389 e. The average Bonchev–Trinajstić information content (AvgIpc) is 3.55. The van der Waals surface area contributed by atoms with Gasteiger partial charge in [-0.3, -0.25) is 24.0 Å². The van der Waals surface area contributed by atoms with Gasteiger partial charge in [-0.2, -0.15) is 0 Å². The van der Waals surface area contributed by atoms with Crippen molar-refractivity contribution in [3.05, 3.63) is 35.5 Å². The first kappa shape index (κ1) is 31.3. The minimum absolute atomic E-state index is 0.0560. The molecule has 0 bridgehead atoms. The number of aromatic amines is 1. The fourth-order valence-electron chi connectivity index (χ4n) is 8.28. The molecule has 4 amide bonds. The number of carbonyl (C=O) groups excluding carboxylic acids is 5. The van der Waals surface area contributed by atoms with Crippen molar-refractivity contribution in [3.8, 4) is 0 Å². The van der Waals surface area contributed by atoms with Gasteiger partial charge in [-0.1, -0.05) is 45.2 Å². The molecule has 5 N–H and O–H groups in total. The lowest BCUT2D eigenvalue weighted by atomic mass is 9.83. The smallest absolute Gasteiger partial charge is 0.268 e. The Morgan fingerprint density at radius 1 is 1.09 bits per heavy atom. The molecule has 0 spiro atoms. The third kappa shape index (κ3) is 5.87. The molecule has 11 nitrogen and oxygen atoms in total. The van der Waals surface area contributed by atoms with Crippen molar-refractivity contribution < 1.29 is 29.1 Å². The van der Waals surface area contributed by atoms with Crippen LogP contribution in [0, 0.1) is 36.0 Å². The Kier molecular flexibility index (Phi) is 8.49. The zero-order chi connectivity index (χ0) is 32.0. The quantitative estimate of drug-likeness (QED) is 0.274. The summed E-state index contributed by atoms with van der Waals surface area (Å²) in [7, 11) is 0. The van der Waals surface area contributed by atoms with Crippen LogP contribution in [0.15, 0.2) is 24.3 Å². The second-order valence-corrected chi connectivity index (χ2v) is 14.2. The van der Waals surface area contributed by atoms with Gasteiger partial charge in [0.2, 0.25) is 17.7 Å². The van der Waals surface area contributed by atoms with Gasteiger partial charge in [0.25, 0.3) is 5.91 Å². The third-order valence-electron chi connectivity index (χ3n) is 11.1. The van der Waals surface area contributed by atoms with Crippen LogP contribution in [0.5, 0.6) is 0 Å². The summed E-state index contributed by atoms with van der Waals surface area (Å²) in [5, 5.41) is 19.2. The van der Waals surface area contributed by atoms with E-state index < -0.39 is 42.3 Å². The van der Waals surface area contributed by atoms with Crippen molar-refractivity contribution in [2.24, 2.45) is 29.1 Å². The van der Waals surface area contributed by atoms with Gasteiger partial charge < -0.3 is 30.9 Å². The van der Waals surface area contributed by atoms with Crippen molar-refractivity contribution >= 4 is 40.3 Å². The first-order valence-electron chi connectivity index (χ1n) is 16.4. The van der Waals surface area contributed by atoms with Crippen LogP contribution < -0.4 is 16.0 Å². The summed E-state index contributed by atoms with van der Waals surface area (Å²) in [4.78, 5) is 71.9. The van der Waals surface area contributed by atoms with Crippen LogP contribution in [0.1, 0.15) is 74.8 Å². The molecule has 2 aromatic rings. The summed E-state index contributed by atoms with van der Waals surface area (Å²) < 4.78 is 0. The van der Waals surface area contributed by atoms with Gasteiger partial charge in [0, 0.05) is 29.9 Å². The molecule has 2 saturated carbocycles. The van der Waals surface area contributed by atoms with Crippen molar-refractivity contribution in [3.63, 3.8) is 0 Å². The molecule has 3 unspecified atom stereocenters. The molecule has 2 aliphatic heterocycles. The first-order valence-corrected chi connectivity index (χ1v) is 16.4. The van der Waals surface area contributed by atoms with E-state index in [1.807, 2.05) is 31.2 Å². The molecule has 11 heteroatoms. The Balaban J connectivity index is 1.25. The Hall–Kier alpha value is -3.73. The normalized spacial score (nSPS) is 27.0. The number of aliphatic hydroxyl groups is 1. The van der Waals surface area contributed by atoms with Crippen LogP contribution >= 0.6 is 0 Å². The number of piperidine rings is 1. The molecule has 1 aromatic heterocycles. The molecule has 6 atom stereocenters. The van der Waals surface area contributed by atoms with E-state index in [-0.39, 0.29) is 47.3 Å². The largest absolute Gasteiger partial charge is 0.389 e. The number of hydrogen-bond donors (Lipinski definition) is 5. The van der Waals surface area contributed by atoms with E-state index >= 15 is 0 Å². The highest BCUT2D eigenvalue weighted by molar-refractivity contribution is 6.02. The number of Topliss-reactive ketones (excluding diaryl/α,β-unsaturated/α-hetero) is 1. The molecule has 2 saturated heterocycles. The van der Waals surface area contributed by atoms with Gasteiger partial charge in [0.1, 0.15) is 24.4 Å². The van der Waals surface area contributed by atoms with Crippen LogP contribution in [-0.2, 0) is 19.2 Å². The predicted octanol–water partition coefficient (Wildman–Crippen LogP) is 2.21. The van der Waals surface area contributed by atoms with Crippen molar-refractivity contribution in [1.82, 2.24) is 25.8 Å². The lowest BCUT2D eigenvalue weighted by molar-refractivity contribution is -0.144. The van der Waals surface area contributed by atoms with E-state index in [2.05, 4.69) is 34.8 Å². The maximum Gasteiger partial charge on any atom is 0.268 e. The highest BCUT2D eigenvalue weighted by Crippen LogP contribution is 2.65. The Morgan fingerprint density at radius 3 is 2.51 bits per heavy atom. The number of aryl methyl sites for hydroxylation is 1. The molecule has 4 fully saturated rings. The zero-order valence-electron chi connectivity index (χ0n) is 26.4. The minimum atomic E-state index is -1.03. The number of amides is 4. The number of H-pyrrole nitrogens is 1. The summed E-state index contributed by atoms with van der Waals surface area (Å²) in [6, 6.07) is 5.00. The zero-order valence-corrected chi connectivity index (χ0v) is 26.4. The average molecular weight is 620 g/mol. The maximum absolute atomic E-state index is 14.5. The molecule has 2 aliphatic carbocycles. The summed E-state index contributed by atoms with van der Waals surface area (Å²) in [6.07, 6.45) is 5.28. The molecular weight excluding hydrogens is 574 g/mol. The van der Waals surface area contributed by atoms with Crippen molar-refractivity contribution in [1.29, 1.82) is 0 Å². The fourth-order valence-corrected chi connectivity index (χ4v) is 8.28. The molecule has 0 radical (unpaired) electrons. The van der Waals surface area contributed by atoms with Crippen LogP contribution in [-0.4, -0.2) is 82.2 Å². The monoisotopic (exact) mass is 619 g/mol. The SMILES string of the molecule is Cc1cccc2[nH]c(C(=O)NC(C(=O)N3C[C@H]4[C@@H]([C@H]3C(=O)NC(CC3CCNC3=O)C(=O)CO)C4(C)C)C3CCCCC3)cc12. The lowest BCUT2D eigenvalue weighted by Crippen LogP contribution is -2.59.